The molecule has 1 aromatic heterocycles. The van der Waals surface area contributed by atoms with E-state index in [0.29, 0.717) is 17.8 Å². The van der Waals surface area contributed by atoms with Gasteiger partial charge in [-0.05, 0) is 25.5 Å². The van der Waals surface area contributed by atoms with Crippen molar-refractivity contribution < 1.29 is 13.5 Å². The van der Waals surface area contributed by atoms with Crippen LogP contribution in [0.2, 0.25) is 0 Å². The summed E-state index contributed by atoms with van der Waals surface area (Å²) in [5, 5.41) is 16.3. The fraction of sp³-hybridized carbons (Fsp3) is 0.357. The van der Waals surface area contributed by atoms with E-state index in [1.807, 2.05) is 13.0 Å². The smallest absolute Gasteiger partial charge is 0.267 e. The molecule has 1 unspecified atom stereocenters. The van der Waals surface area contributed by atoms with Crippen molar-refractivity contribution in [3.63, 3.8) is 0 Å². The molecule has 2 aromatic rings. The minimum Gasteiger partial charge on any atom is -0.391 e. The van der Waals surface area contributed by atoms with E-state index >= 15 is 0 Å². The quantitative estimate of drug-likeness (QED) is 0.850. The van der Waals surface area contributed by atoms with Crippen molar-refractivity contribution in [2.75, 3.05) is 10.8 Å². The second-order valence-electron chi connectivity index (χ2n) is 4.79. The van der Waals surface area contributed by atoms with Crippen molar-refractivity contribution in [3.05, 3.63) is 42.2 Å². The molecular formula is C14H19N3O3S. The number of nitrogens with one attached hydrogen (secondary N) is 1. The first-order valence-electron chi connectivity index (χ1n) is 6.72. The maximum Gasteiger partial charge on any atom is 0.267 e. The van der Waals surface area contributed by atoms with Crippen molar-refractivity contribution in [2.24, 2.45) is 0 Å². The zero-order valence-electron chi connectivity index (χ0n) is 12.0. The standard InChI is InChI=1S/C14H19N3O3S/c1-3-13(18)10-17(12-7-5-4-6-8-12)21(19,20)14-9-15-16-11(14)2/h4-9,13,18H,3,10H2,1-2H3,(H,15,16). The number of aliphatic hydroxyl groups is 1. The zero-order chi connectivity index (χ0) is 15.5. The molecule has 1 heterocycles. The Hall–Kier alpha value is -1.86. The number of rotatable bonds is 6. The number of aromatic amines is 1. The predicted molar refractivity (Wildman–Crippen MR) is 80.6 cm³/mol. The van der Waals surface area contributed by atoms with E-state index in [2.05, 4.69) is 10.2 Å². The molecule has 2 N–H and O–H groups in total. The normalized spacial score (nSPS) is 13.1. The van der Waals surface area contributed by atoms with Gasteiger partial charge in [0.25, 0.3) is 10.0 Å². The van der Waals surface area contributed by atoms with E-state index in [4.69, 9.17) is 0 Å². The number of para-hydroxylation sites is 1. The number of aryl methyl sites for hydroxylation is 1. The highest BCUT2D eigenvalue weighted by molar-refractivity contribution is 7.92. The van der Waals surface area contributed by atoms with Crippen LogP contribution in [0, 0.1) is 6.92 Å². The van der Waals surface area contributed by atoms with Crippen LogP contribution in [0.5, 0.6) is 0 Å². The number of benzene rings is 1. The van der Waals surface area contributed by atoms with Crippen molar-refractivity contribution >= 4 is 15.7 Å². The summed E-state index contributed by atoms with van der Waals surface area (Å²) in [6, 6.07) is 8.75. The Morgan fingerprint density at radius 2 is 2.00 bits per heavy atom. The Morgan fingerprint density at radius 3 is 2.52 bits per heavy atom. The second kappa shape index (κ2) is 6.28. The number of aliphatic hydroxyl groups excluding tert-OH is 1. The third-order valence-electron chi connectivity index (χ3n) is 3.24. The van der Waals surface area contributed by atoms with Gasteiger partial charge in [-0.1, -0.05) is 25.1 Å². The molecule has 0 aliphatic carbocycles. The summed E-state index contributed by atoms with van der Waals surface area (Å²) in [5.74, 6) is 0. The summed E-state index contributed by atoms with van der Waals surface area (Å²) in [4.78, 5) is 0.120. The number of aromatic nitrogens is 2. The minimum absolute atomic E-state index is 0.00741. The molecule has 2 rings (SSSR count). The minimum atomic E-state index is -3.77. The van der Waals surface area contributed by atoms with Gasteiger partial charge in [0.2, 0.25) is 0 Å². The van der Waals surface area contributed by atoms with Crippen molar-refractivity contribution in [2.45, 2.75) is 31.3 Å². The molecule has 6 nitrogen and oxygen atoms in total. The average Bonchev–Trinajstić information content (AvgIpc) is 2.92. The lowest BCUT2D eigenvalue weighted by molar-refractivity contribution is 0.179. The van der Waals surface area contributed by atoms with Crippen LogP contribution < -0.4 is 4.31 Å². The highest BCUT2D eigenvalue weighted by Gasteiger charge is 2.29. The maximum atomic E-state index is 12.8. The van der Waals surface area contributed by atoms with Gasteiger partial charge in [0.15, 0.2) is 0 Å². The van der Waals surface area contributed by atoms with Crippen molar-refractivity contribution in [1.29, 1.82) is 0 Å². The number of hydrogen-bond acceptors (Lipinski definition) is 4. The molecule has 0 amide bonds. The maximum absolute atomic E-state index is 12.8. The van der Waals surface area contributed by atoms with E-state index < -0.39 is 16.1 Å². The molecular weight excluding hydrogens is 290 g/mol. The Kier molecular flexibility index (Phi) is 4.64. The largest absolute Gasteiger partial charge is 0.391 e. The number of hydrogen-bond donors (Lipinski definition) is 2. The van der Waals surface area contributed by atoms with E-state index in [1.54, 1.807) is 31.2 Å². The second-order valence-corrected chi connectivity index (χ2v) is 6.62. The first-order chi connectivity index (χ1) is 9.96. The Labute approximate surface area is 124 Å². The Morgan fingerprint density at radius 1 is 1.33 bits per heavy atom. The summed E-state index contributed by atoms with van der Waals surface area (Å²) in [6.07, 6.45) is 1.04. The molecule has 1 atom stereocenters. The molecule has 0 bridgehead atoms. The monoisotopic (exact) mass is 309 g/mol. The number of H-pyrrole nitrogens is 1. The van der Waals surface area contributed by atoms with Gasteiger partial charge in [0, 0.05) is 0 Å². The molecule has 0 aliphatic rings. The topological polar surface area (TPSA) is 86.3 Å². The van der Waals surface area contributed by atoms with Gasteiger partial charge in [-0.15, -0.1) is 0 Å². The van der Waals surface area contributed by atoms with E-state index in [-0.39, 0.29) is 11.4 Å². The third-order valence-corrected chi connectivity index (χ3v) is 5.15. The number of anilines is 1. The van der Waals surface area contributed by atoms with Gasteiger partial charge >= 0.3 is 0 Å². The van der Waals surface area contributed by atoms with Crippen LogP contribution in [-0.4, -0.2) is 36.4 Å². The lowest BCUT2D eigenvalue weighted by Crippen LogP contribution is -2.37. The first-order valence-corrected chi connectivity index (χ1v) is 8.16. The van der Waals surface area contributed by atoms with Gasteiger partial charge in [0.1, 0.15) is 4.90 Å². The predicted octanol–water partition coefficient (Wildman–Crippen LogP) is 1.68. The van der Waals surface area contributed by atoms with Gasteiger partial charge in [-0.25, -0.2) is 8.42 Å². The molecule has 114 valence electrons. The number of nitrogens with zero attached hydrogens (tertiary/aromatic N) is 2. The van der Waals surface area contributed by atoms with Gasteiger partial charge in [-0.2, -0.15) is 5.10 Å². The fourth-order valence-electron chi connectivity index (χ4n) is 1.98. The van der Waals surface area contributed by atoms with Crippen LogP contribution in [-0.2, 0) is 10.0 Å². The lowest BCUT2D eigenvalue weighted by Gasteiger charge is -2.26. The SMILES string of the molecule is CCC(O)CN(c1ccccc1)S(=O)(=O)c1cn[nH]c1C. The summed E-state index contributed by atoms with van der Waals surface area (Å²) < 4.78 is 26.9. The molecule has 0 spiro atoms. The molecule has 21 heavy (non-hydrogen) atoms. The van der Waals surface area contributed by atoms with Crippen LogP contribution in [0.25, 0.3) is 0 Å². The van der Waals surface area contributed by atoms with Gasteiger partial charge in [0.05, 0.1) is 30.2 Å². The summed E-state index contributed by atoms with van der Waals surface area (Å²) in [5.41, 5.74) is 0.993. The van der Waals surface area contributed by atoms with Crippen LogP contribution in [0.15, 0.2) is 41.4 Å². The zero-order valence-corrected chi connectivity index (χ0v) is 12.8. The van der Waals surface area contributed by atoms with Gasteiger partial charge < -0.3 is 5.11 Å². The Balaban J connectivity index is 2.47. The Bertz CT molecular complexity index is 682. The van der Waals surface area contributed by atoms with Gasteiger partial charge in [-0.3, -0.25) is 9.40 Å². The lowest BCUT2D eigenvalue weighted by atomic mass is 10.2. The molecule has 0 saturated heterocycles. The van der Waals surface area contributed by atoms with E-state index in [9.17, 15) is 13.5 Å². The third kappa shape index (κ3) is 3.25. The summed E-state index contributed by atoms with van der Waals surface area (Å²) in [7, 11) is -3.77. The van der Waals surface area contributed by atoms with Crippen LogP contribution in [0.3, 0.4) is 0 Å². The van der Waals surface area contributed by atoms with Crippen molar-refractivity contribution in [3.8, 4) is 0 Å². The molecule has 0 saturated carbocycles. The highest BCUT2D eigenvalue weighted by atomic mass is 32.2. The summed E-state index contributed by atoms with van der Waals surface area (Å²) in [6.45, 7) is 3.47. The fourth-order valence-corrected chi connectivity index (χ4v) is 3.60. The first kappa shape index (κ1) is 15.5. The number of sulfonamides is 1. The molecule has 7 heteroatoms. The molecule has 0 aliphatic heterocycles. The van der Waals surface area contributed by atoms with Crippen LogP contribution >= 0.6 is 0 Å². The van der Waals surface area contributed by atoms with Crippen LogP contribution in [0.1, 0.15) is 19.0 Å². The highest BCUT2D eigenvalue weighted by Crippen LogP contribution is 2.25. The molecule has 0 radical (unpaired) electrons. The average molecular weight is 309 g/mol. The van der Waals surface area contributed by atoms with E-state index in [0.717, 1.165) is 0 Å². The van der Waals surface area contributed by atoms with Crippen molar-refractivity contribution in [1.82, 2.24) is 10.2 Å². The summed E-state index contributed by atoms with van der Waals surface area (Å²) >= 11 is 0. The van der Waals surface area contributed by atoms with Crippen LogP contribution in [0.4, 0.5) is 5.69 Å². The molecule has 0 fully saturated rings. The molecule has 1 aromatic carbocycles. The van der Waals surface area contributed by atoms with E-state index in [1.165, 1.54) is 10.5 Å².